The minimum absolute atomic E-state index is 0.0941. The zero-order valence-corrected chi connectivity index (χ0v) is 18.2. The summed E-state index contributed by atoms with van der Waals surface area (Å²) in [5.41, 5.74) is 0.0267. The normalized spacial score (nSPS) is 15.3. The Balaban J connectivity index is 2.47. The van der Waals surface area contributed by atoms with Crippen molar-refractivity contribution in [2.75, 3.05) is 0 Å². The fraction of sp³-hybridized carbons (Fsp3) is 0.364. The molecule has 2 atom stereocenters. The fourth-order valence-corrected chi connectivity index (χ4v) is 4.91. The summed E-state index contributed by atoms with van der Waals surface area (Å²) in [7, 11) is -3.07. The Labute approximate surface area is 171 Å². The van der Waals surface area contributed by atoms with Crippen molar-refractivity contribution >= 4 is 20.6 Å². The van der Waals surface area contributed by atoms with Crippen LogP contribution in [0.5, 0.6) is 0 Å². The summed E-state index contributed by atoms with van der Waals surface area (Å²) < 4.78 is 19.0. The van der Waals surface area contributed by atoms with Gasteiger partial charge in [-0.3, -0.25) is 4.79 Å². The molecule has 0 radical (unpaired) electrons. The maximum Gasteiger partial charge on any atom is 0.282 e. The van der Waals surface area contributed by atoms with Crippen molar-refractivity contribution in [2.24, 2.45) is 10.4 Å². The van der Waals surface area contributed by atoms with Gasteiger partial charge in [-0.25, -0.2) is 9.19 Å². The summed E-state index contributed by atoms with van der Waals surface area (Å²) in [5, 5.41) is 11.1. The monoisotopic (exact) mass is 413 g/mol. The van der Waals surface area contributed by atoms with E-state index in [1.165, 1.54) is 0 Å². The van der Waals surface area contributed by atoms with E-state index in [0.717, 1.165) is 4.68 Å². The van der Waals surface area contributed by atoms with Crippen LogP contribution >= 0.6 is 0 Å². The van der Waals surface area contributed by atoms with Gasteiger partial charge < -0.3 is 5.11 Å². The first-order valence-electron chi connectivity index (χ1n) is 9.58. The molecule has 1 aromatic heterocycles. The molecule has 154 valence electrons. The average Bonchev–Trinajstić information content (AvgIpc) is 2.69. The summed E-state index contributed by atoms with van der Waals surface area (Å²) in [5.74, 6) is -0.108. The van der Waals surface area contributed by atoms with Crippen molar-refractivity contribution in [1.82, 2.24) is 9.66 Å². The quantitative estimate of drug-likeness (QED) is 0.695. The predicted octanol–water partition coefficient (Wildman–Crippen LogP) is 4.17. The molecule has 3 rings (SSSR count). The molecule has 0 spiro atoms. The Bertz CT molecular complexity index is 1200. The van der Waals surface area contributed by atoms with Gasteiger partial charge in [-0.2, -0.15) is 4.68 Å². The van der Waals surface area contributed by atoms with Crippen LogP contribution in [0.2, 0.25) is 0 Å². The van der Waals surface area contributed by atoms with E-state index < -0.39 is 26.1 Å². The van der Waals surface area contributed by atoms with Gasteiger partial charge in [-0.05, 0) is 51.0 Å². The van der Waals surface area contributed by atoms with Crippen LogP contribution in [0, 0.1) is 5.92 Å². The smallest absolute Gasteiger partial charge is 0.282 e. The van der Waals surface area contributed by atoms with Gasteiger partial charge in [0.05, 0.1) is 15.6 Å². The minimum atomic E-state index is -3.07. The maximum absolute atomic E-state index is 14.2. The zero-order valence-electron chi connectivity index (χ0n) is 17.4. The van der Waals surface area contributed by atoms with Crippen molar-refractivity contribution in [2.45, 2.75) is 50.4 Å². The highest BCUT2D eigenvalue weighted by molar-refractivity contribution is 7.95. The molecular weight excluding hydrogens is 386 g/mol. The lowest BCUT2D eigenvalue weighted by Gasteiger charge is -2.25. The fourth-order valence-electron chi connectivity index (χ4n) is 2.95. The van der Waals surface area contributed by atoms with Gasteiger partial charge >= 0.3 is 0 Å². The van der Waals surface area contributed by atoms with Crippen molar-refractivity contribution < 1.29 is 9.32 Å². The molecule has 3 aromatic rings. The second kappa shape index (κ2) is 7.72. The maximum atomic E-state index is 14.2. The standard InChI is InChI=1S/C22H27N3O3S/c1-15(2)19(26)20-23-18-14-10-9-13-17(18)21(27)25(20)24-29(28,22(3,4)5)16-11-7-6-8-12-16/h6-15,19,26H,1-5H3/t19-,29-/m0/s1. The highest BCUT2D eigenvalue weighted by Crippen LogP contribution is 2.29. The Morgan fingerprint density at radius 3 is 2.21 bits per heavy atom. The number of hydrogen-bond acceptors (Lipinski definition) is 5. The van der Waals surface area contributed by atoms with E-state index in [2.05, 4.69) is 9.46 Å². The van der Waals surface area contributed by atoms with Crippen LogP contribution in [0.1, 0.15) is 46.5 Å². The van der Waals surface area contributed by atoms with Crippen LogP contribution in [0.3, 0.4) is 0 Å². The second-order valence-corrected chi connectivity index (χ2v) is 11.2. The van der Waals surface area contributed by atoms with Crippen molar-refractivity contribution in [3.05, 3.63) is 70.8 Å². The topological polar surface area (TPSA) is 84.6 Å². The molecule has 0 saturated carbocycles. The molecule has 7 heteroatoms. The summed E-state index contributed by atoms with van der Waals surface area (Å²) in [4.78, 5) is 18.3. The van der Waals surface area contributed by atoms with Crippen LogP contribution in [0.4, 0.5) is 0 Å². The summed E-state index contributed by atoms with van der Waals surface area (Å²) in [6.45, 7) is 9.13. The van der Waals surface area contributed by atoms with Gasteiger partial charge in [0.1, 0.15) is 15.8 Å². The number of aliphatic hydroxyl groups is 1. The summed E-state index contributed by atoms with van der Waals surface area (Å²) in [6.07, 6.45) is -1.03. The summed E-state index contributed by atoms with van der Waals surface area (Å²) in [6, 6.07) is 15.8. The number of benzene rings is 2. The van der Waals surface area contributed by atoms with E-state index in [0.29, 0.717) is 15.8 Å². The molecule has 1 N–H and O–H groups in total. The number of aromatic nitrogens is 2. The number of fused-ring (bicyclic) bond motifs is 1. The predicted molar refractivity (Wildman–Crippen MR) is 116 cm³/mol. The number of aliphatic hydroxyl groups excluding tert-OH is 1. The average molecular weight is 414 g/mol. The van der Waals surface area contributed by atoms with Crippen LogP contribution < -0.4 is 5.56 Å². The first kappa shape index (κ1) is 21.2. The van der Waals surface area contributed by atoms with E-state index >= 15 is 0 Å². The second-order valence-electron chi connectivity index (χ2n) is 8.33. The molecule has 0 aliphatic heterocycles. The third kappa shape index (κ3) is 3.84. The van der Waals surface area contributed by atoms with Crippen LogP contribution in [0.15, 0.2) is 68.8 Å². The molecule has 0 bridgehead atoms. The molecule has 2 aromatic carbocycles. The number of rotatable bonds is 4. The van der Waals surface area contributed by atoms with E-state index in [-0.39, 0.29) is 11.7 Å². The summed E-state index contributed by atoms with van der Waals surface area (Å²) >= 11 is 0. The first-order chi connectivity index (χ1) is 13.6. The Morgan fingerprint density at radius 1 is 1.03 bits per heavy atom. The van der Waals surface area contributed by atoms with Crippen molar-refractivity contribution in [3.8, 4) is 0 Å². The van der Waals surface area contributed by atoms with E-state index in [1.54, 1.807) is 48.5 Å². The largest absolute Gasteiger partial charge is 0.385 e. The first-order valence-corrected chi connectivity index (χ1v) is 11.1. The minimum Gasteiger partial charge on any atom is -0.385 e. The molecule has 0 fully saturated rings. The van der Waals surface area contributed by atoms with Crippen molar-refractivity contribution in [1.29, 1.82) is 0 Å². The van der Waals surface area contributed by atoms with Crippen LogP contribution in [-0.4, -0.2) is 23.7 Å². The SMILES string of the molecule is CC(C)[C@H](O)c1nc2ccccc2c(=O)n1N=[S@](=O)(c1ccccc1)C(C)(C)C. The van der Waals surface area contributed by atoms with Crippen LogP contribution in [-0.2, 0) is 9.73 Å². The van der Waals surface area contributed by atoms with E-state index in [1.807, 2.05) is 40.7 Å². The molecule has 29 heavy (non-hydrogen) atoms. The number of nitrogens with zero attached hydrogens (tertiary/aromatic N) is 3. The Kier molecular flexibility index (Phi) is 5.65. The highest BCUT2D eigenvalue weighted by atomic mass is 32.2. The van der Waals surface area contributed by atoms with E-state index in [9.17, 15) is 14.1 Å². The highest BCUT2D eigenvalue weighted by Gasteiger charge is 2.31. The van der Waals surface area contributed by atoms with Gasteiger partial charge in [0.2, 0.25) is 0 Å². The van der Waals surface area contributed by atoms with Gasteiger partial charge in [0.15, 0.2) is 5.82 Å². The van der Waals surface area contributed by atoms with Gasteiger partial charge in [0, 0.05) is 4.90 Å². The third-order valence-electron chi connectivity index (χ3n) is 4.76. The molecule has 0 amide bonds. The van der Waals surface area contributed by atoms with Crippen molar-refractivity contribution in [3.63, 3.8) is 0 Å². The molecule has 0 unspecified atom stereocenters. The van der Waals surface area contributed by atoms with Gasteiger partial charge in [-0.15, -0.1) is 4.47 Å². The van der Waals surface area contributed by atoms with Gasteiger partial charge in [-0.1, -0.05) is 44.2 Å². The Morgan fingerprint density at radius 2 is 1.62 bits per heavy atom. The molecular formula is C22H27N3O3S. The third-order valence-corrected chi connectivity index (χ3v) is 7.73. The lowest BCUT2D eigenvalue weighted by molar-refractivity contribution is 0.113. The van der Waals surface area contributed by atoms with E-state index in [4.69, 9.17) is 0 Å². The molecule has 6 nitrogen and oxygen atoms in total. The Hall–Kier alpha value is -2.51. The van der Waals surface area contributed by atoms with Gasteiger partial charge in [0.25, 0.3) is 5.56 Å². The molecule has 0 aliphatic rings. The number of para-hydroxylation sites is 1. The number of hydrogen-bond donors (Lipinski definition) is 1. The lowest BCUT2D eigenvalue weighted by Crippen LogP contribution is -2.32. The van der Waals surface area contributed by atoms with Crippen LogP contribution in [0.25, 0.3) is 10.9 Å². The molecule has 0 saturated heterocycles. The zero-order chi connectivity index (χ0) is 21.4. The molecule has 0 aliphatic carbocycles. The molecule has 1 heterocycles. The lowest BCUT2D eigenvalue weighted by atomic mass is 10.1.